The Labute approximate surface area is 95.8 Å². The largest absolute Gasteiger partial charge is 0.370 e. The zero-order valence-corrected chi connectivity index (χ0v) is 9.34. The molecule has 0 aromatic rings. The van der Waals surface area contributed by atoms with E-state index in [-0.39, 0.29) is 24.4 Å². The third-order valence-corrected chi connectivity index (χ3v) is 2.82. The van der Waals surface area contributed by atoms with Gasteiger partial charge in [0.1, 0.15) is 24.4 Å². The van der Waals surface area contributed by atoms with Gasteiger partial charge < -0.3 is 18.9 Å². The molecule has 0 aromatic heterocycles. The van der Waals surface area contributed by atoms with Gasteiger partial charge in [0.05, 0.1) is 26.4 Å². The molecule has 4 atom stereocenters. The Morgan fingerprint density at radius 3 is 1.75 bits per heavy atom. The molecule has 0 saturated carbocycles. The minimum atomic E-state index is -0.00485. The number of ether oxygens (including phenoxy) is 4. The third-order valence-electron chi connectivity index (χ3n) is 2.82. The third kappa shape index (κ3) is 2.35. The van der Waals surface area contributed by atoms with E-state index < -0.39 is 0 Å². The summed E-state index contributed by atoms with van der Waals surface area (Å²) in [5.74, 6) is 0. The maximum atomic E-state index is 5.65. The summed E-state index contributed by atoms with van der Waals surface area (Å²) in [6.45, 7) is 9.43. The monoisotopic (exact) mass is 226 g/mol. The molecule has 2 unspecified atom stereocenters. The highest BCUT2D eigenvalue weighted by Gasteiger charge is 2.48. The first-order valence-electron chi connectivity index (χ1n) is 5.55. The van der Waals surface area contributed by atoms with Crippen LogP contribution >= 0.6 is 0 Å². The highest BCUT2D eigenvalue weighted by Crippen LogP contribution is 2.30. The van der Waals surface area contributed by atoms with E-state index in [4.69, 9.17) is 18.9 Å². The molecule has 2 heterocycles. The van der Waals surface area contributed by atoms with Crippen LogP contribution in [0.15, 0.2) is 25.3 Å². The van der Waals surface area contributed by atoms with Crippen LogP contribution in [0.3, 0.4) is 0 Å². The molecule has 90 valence electrons. The standard InChI is InChI=1S/C12H18O4/c1-3-5-13-9-7-15-12-10(14-6-4-2)8-16-11(9)12/h3-4,9-12H,1-2,5-8H2/t9-,10?,11-,12?/m1/s1. The van der Waals surface area contributed by atoms with Gasteiger partial charge in [-0.1, -0.05) is 12.2 Å². The van der Waals surface area contributed by atoms with Gasteiger partial charge in [0.2, 0.25) is 0 Å². The molecule has 16 heavy (non-hydrogen) atoms. The maximum absolute atomic E-state index is 5.65. The summed E-state index contributed by atoms with van der Waals surface area (Å²) in [4.78, 5) is 0. The molecule has 0 aliphatic carbocycles. The van der Waals surface area contributed by atoms with Gasteiger partial charge in [0.15, 0.2) is 0 Å². The first-order valence-corrected chi connectivity index (χ1v) is 5.55. The van der Waals surface area contributed by atoms with Gasteiger partial charge in [-0.15, -0.1) is 13.2 Å². The molecule has 0 spiro atoms. The Hall–Kier alpha value is -0.680. The summed E-state index contributed by atoms with van der Waals surface area (Å²) in [6, 6.07) is 0. The molecule has 4 nitrogen and oxygen atoms in total. The molecular weight excluding hydrogens is 208 g/mol. The van der Waals surface area contributed by atoms with Crippen LogP contribution in [0.25, 0.3) is 0 Å². The normalized spacial score (nSPS) is 37.2. The van der Waals surface area contributed by atoms with Crippen molar-refractivity contribution < 1.29 is 18.9 Å². The van der Waals surface area contributed by atoms with Crippen LogP contribution in [0.2, 0.25) is 0 Å². The number of rotatable bonds is 6. The Balaban J connectivity index is 1.85. The van der Waals surface area contributed by atoms with Crippen molar-refractivity contribution >= 4 is 0 Å². The summed E-state index contributed by atoms with van der Waals surface area (Å²) >= 11 is 0. The molecule has 0 bridgehead atoms. The molecule has 0 amide bonds. The van der Waals surface area contributed by atoms with Gasteiger partial charge in [-0.2, -0.15) is 0 Å². The lowest BCUT2D eigenvalue weighted by Crippen LogP contribution is -2.34. The van der Waals surface area contributed by atoms with E-state index in [1.54, 1.807) is 12.2 Å². The van der Waals surface area contributed by atoms with E-state index in [1.807, 2.05) is 0 Å². The fourth-order valence-corrected chi connectivity index (χ4v) is 2.10. The van der Waals surface area contributed by atoms with Crippen LogP contribution in [-0.4, -0.2) is 50.8 Å². The van der Waals surface area contributed by atoms with Crippen molar-refractivity contribution in [2.24, 2.45) is 0 Å². The van der Waals surface area contributed by atoms with Crippen LogP contribution in [-0.2, 0) is 18.9 Å². The quantitative estimate of drug-likeness (QED) is 0.631. The van der Waals surface area contributed by atoms with Gasteiger partial charge in [-0.25, -0.2) is 0 Å². The van der Waals surface area contributed by atoms with Crippen molar-refractivity contribution in [3.63, 3.8) is 0 Å². The van der Waals surface area contributed by atoms with Crippen molar-refractivity contribution in [1.82, 2.24) is 0 Å². The Kier molecular flexibility index (Phi) is 4.12. The maximum Gasteiger partial charge on any atom is 0.115 e. The second-order valence-electron chi connectivity index (χ2n) is 3.92. The smallest absolute Gasteiger partial charge is 0.115 e. The minimum absolute atomic E-state index is 0.000307. The molecule has 0 radical (unpaired) electrons. The topological polar surface area (TPSA) is 36.9 Å². The van der Waals surface area contributed by atoms with E-state index in [0.717, 1.165) is 0 Å². The number of fused-ring (bicyclic) bond motifs is 1. The van der Waals surface area contributed by atoms with E-state index in [1.165, 1.54) is 0 Å². The molecule has 0 N–H and O–H groups in total. The molecule has 2 aliphatic rings. The number of hydrogen-bond acceptors (Lipinski definition) is 4. The zero-order chi connectivity index (χ0) is 11.4. The van der Waals surface area contributed by atoms with Gasteiger partial charge in [0.25, 0.3) is 0 Å². The Morgan fingerprint density at radius 1 is 0.938 bits per heavy atom. The van der Waals surface area contributed by atoms with Crippen molar-refractivity contribution in [3.05, 3.63) is 25.3 Å². The average Bonchev–Trinajstić information content (AvgIpc) is 2.86. The van der Waals surface area contributed by atoms with Gasteiger partial charge in [-0.3, -0.25) is 0 Å². The highest BCUT2D eigenvalue weighted by molar-refractivity contribution is 4.96. The lowest BCUT2D eigenvalue weighted by Gasteiger charge is -2.16. The summed E-state index contributed by atoms with van der Waals surface area (Å²) in [5.41, 5.74) is 0. The lowest BCUT2D eigenvalue weighted by atomic mass is 10.1. The second kappa shape index (κ2) is 5.59. The summed E-state index contributed by atoms with van der Waals surface area (Å²) in [7, 11) is 0. The van der Waals surface area contributed by atoms with Gasteiger partial charge in [0, 0.05) is 0 Å². The van der Waals surface area contributed by atoms with Crippen LogP contribution < -0.4 is 0 Å². The van der Waals surface area contributed by atoms with E-state index in [9.17, 15) is 0 Å². The zero-order valence-electron chi connectivity index (χ0n) is 9.34. The van der Waals surface area contributed by atoms with Crippen molar-refractivity contribution in [2.75, 3.05) is 26.4 Å². The minimum Gasteiger partial charge on any atom is -0.370 e. The fraction of sp³-hybridized carbons (Fsp3) is 0.667. The summed E-state index contributed by atoms with van der Waals surface area (Å²) < 4.78 is 22.5. The van der Waals surface area contributed by atoms with Gasteiger partial charge >= 0.3 is 0 Å². The first kappa shape index (κ1) is 11.8. The number of hydrogen-bond donors (Lipinski definition) is 0. The molecule has 0 aromatic carbocycles. The van der Waals surface area contributed by atoms with Crippen LogP contribution in [0, 0.1) is 0 Å². The Bertz CT molecular complexity index is 227. The molecule has 2 rings (SSSR count). The SMILES string of the molecule is C=CCOC1CO[C@H]2C1OC[C@H]2OCC=C. The van der Waals surface area contributed by atoms with Crippen LogP contribution in [0.4, 0.5) is 0 Å². The summed E-state index contributed by atoms with van der Waals surface area (Å²) in [5, 5.41) is 0. The highest BCUT2D eigenvalue weighted by atomic mass is 16.6. The van der Waals surface area contributed by atoms with Crippen molar-refractivity contribution in [3.8, 4) is 0 Å². The summed E-state index contributed by atoms with van der Waals surface area (Å²) in [6.07, 6.45) is 3.45. The molecule has 4 heteroatoms. The van der Waals surface area contributed by atoms with E-state index in [2.05, 4.69) is 13.2 Å². The van der Waals surface area contributed by atoms with E-state index in [0.29, 0.717) is 26.4 Å². The molecular formula is C12H18O4. The van der Waals surface area contributed by atoms with Crippen molar-refractivity contribution in [2.45, 2.75) is 24.4 Å². The average molecular weight is 226 g/mol. The first-order chi connectivity index (χ1) is 7.86. The fourth-order valence-electron chi connectivity index (χ4n) is 2.10. The molecule has 2 saturated heterocycles. The van der Waals surface area contributed by atoms with E-state index >= 15 is 0 Å². The van der Waals surface area contributed by atoms with Crippen molar-refractivity contribution in [1.29, 1.82) is 0 Å². The lowest BCUT2D eigenvalue weighted by molar-refractivity contribution is -0.0402. The van der Waals surface area contributed by atoms with Crippen LogP contribution in [0.5, 0.6) is 0 Å². The molecule has 2 aliphatic heterocycles. The molecule has 2 fully saturated rings. The van der Waals surface area contributed by atoms with Crippen LogP contribution in [0.1, 0.15) is 0 Å². The predicted molar refractivity (Wildman–Crippen MR) is 59.4 cm³/mol. The predicted octanol–water partition coefficient (Wildman–Crippen LogP) is 0.926. The van der Waals surface area contributed by atoms with Gasteiger partial charge in [-0.05, 0) is 0 Å². The second-order valence-corrected chi connectivity index (χ2v) is 3.92. The Morgan fingerprint density at radius 2 is 1.38 bits per heavy atom.